The molecule has 4 heteroatoms. The van der Waals surface area contributed by atoms with Gasteiger partial charge < -0.3 is 15.0 Å². The molecule has 0 spiro atoms. The summed E-state index contributed by atoms with van der Waals surface area (Å²) in [7, 11) is 0. The predicted octanol–water partition coefficient (Wildman–Crippen LogP) is 2.00. The highest BCUT2D eigenvalue weighted by Crippen LogP contribution is 2.02. The lowest BCUT2D eigenvalue weighted by Crippen LogP contribution is -2.46. The Balaban J connectivity index is 1.97. The Kier molecular flexibility index (Phi) is 6.97. The summed E-state index contributed by atoms with van der Waals surface area (Å²) in [5.74, 6) is 0. The average Bonchev–Trinajstić information content (AvgIpc) is 2.34. The summed E-state index contributed by atoms with van der Waals surface area (Å²) in [6, 6.07) is 0.0683. The lowest BCUT2D eigenvalue weighted by molar-refractivity contribution is 0.0532. The van der Waals surface area contributed by atoms with Gasteiger partial charge in [-0.1, -0.05) is 32.6 Å². The van der Waals surface area contributed by atoms with E-state index in [2.05, 4.69) is 12.2 Å². The van der Waals surface area contributed by atoms with Gasteiger partial charge in [0.1, 0.15) is 0 Å². The number of hydrogen-bond donors (Lipinski definition) is 1. The molecule has 4 nitrogen and oxygen atoms in total. The van der Waals surface area contributed by atoms with Crippen molar-refractivity contribution in [2.75, 3.05) is 32.8 Å². The van der Waals surface area contributed by atoms with Crippen LogP contribution in [0.25, 0.3) is 0 Å². The summed E-state index contributed by atoms with van der Waals surface area (Å²) in [6.45, 7) is 5.80. The quantitative estimate of drug-likeness (QED) is 0.706. The fourth-order valence-corrected chi connectivity index (χ4v) is 1.80. The highest BCUT2D eigenvalue weighted by Gasteiger charge is 2.15. The molecule has 0 aromatic carbocycles. The third-order valence-electron chi connectivity index (χ3n) is 2.85. The molecular weight excluding hydrogens is 204 g/mol. The molecule has 0 aromatic rings. The fraction of sp³-hybridized carbons (Fsp3) is 0.917. The van der Waals surface area contributed by atoms with Crippen molar-refractivity contribution >= 4 is 6.03 Å². The van der Waals surface area contributed by atoms with Crippen molar-refractivity contribution in [3.8, 4) is 0 Å². The van der Waals surface area contributed by atoms with Crippen LogP contribution in [0.15, 0.2) is 0 Å². The predicted molar refractivity (Wildman–Crippen MR) is 64.5 cm³/mol. The first-order valence-electron chi connectivity index (χ1n) is 6.45. The normalized spacial score (nSPS) is 16.2. The van der Waals surface area contributed by atoms with Crippen LogP contribution < -0.4 is 5.32 Å². The molecule has 1 aliphatic heterocycles. The lowest BCUT2D eigenvalue weighted by atomic mass is 10.1. The third-order valence-corrected chi connectivity index (χ3v) is 2.85. The van der Waals surface area contributed by atoms with E-state index in [4.69, 9.17) is 4.74 Å². The first kappa shape index (κ1) is 13.3. The molecule has 1 heterocycles. The molecule has 1 rings (SSSR count). The van der Waals surface area contributed by atoms with Gasteiger partial charge in [-0.25, -0.2) is 4.79 Å². The van der Waals surface area contributed by atoms with E-state index >= 15 is 0 Å². The summed E-state index contributed by atoms with van der Waals surface area (Å²) in [5.41, 5.74) is 0. The number of urea groups is 1. The monoisotopic (exact) mass is 228 g/mol. The summed E-state index contributed by atoms with van der Waals surface area (Å²) in [5, 5.41) is 2.96. The Bertz CT molecular complexity index is 191. The lowest BCUT2D eigenvalue weighted by Gasteiger charge is -2.26. The minimum atomic E-state index is 0.0683. The average molecular weight is 228 g/mol. The van der Waals surface area contributed by atoms with Crippen molar-refractivity contribution in [2.24, 2.45) is 0 Å². The van der Waals surface area contributed by atoms with E-state index in [0.717, 1.165) is 26.1 Å². The van der Waals surface area contributed by atoms with Gasteiger partial charge in [-0.2, -0.15) is 0 Å². The molecule has 0 unspecified atom stereocenters. The van der Waals surface area contributed by atoms with E-state index in [1.807, 2.05) is 4.90 Å². The van der Waals surface area contributed by atoms with Gasteiger partial charge in [0, 0.05) is 19.6 Å². The smallest absolute Gasteiger partial charge is 0.317 e. The van der Waals surface area contributed by atoms with E-state index in [-0.39, 0.29) is 6.03 Å². The van der Waals surface area contributed by atoms with Gasteiger partial charge in [-0.05, 0) is 6.42 Å². The van der Waals surface area contributed by atoms with Crippen molar-refractivity contribution in [2.45, 2.75) is 39.0 Å². The number of amides is 2. The molecule has 0 bridgehead atoms. The Hall–Kier alpha value is -0.770. The van der Waals surface area contributed by atoms with E-state index < -0.39 is 0 Å². The van der Waals surface area contributed by atoms with Crippen LogP contribution in [0.4, 0.5) is 4.79 Å². The maximum absolute atomic E-state index is 11.6. The maximum Gasteiger partial charge on any atom is 0.317 e. The van der Waals surface area contributed by atoms with Crippen LogP contribution in [0.5, 0.6) is 0 Å². The highest BCUT2D eigenvalue weighted by molar-refractivity contribution is 5.74. The van der Waals surface area contributed by atoms with Gasteiger partial charge in [0.05, 0.1) is 13.2 Å². The van der Waals surface area contributed by atoms with Gasteiger partial charge in [0.15, 0.2) is 0 Å². The number of carbonyl (C=O) groups excluding carboxylic acids is 1. The summed E-state index contributed by atoms with van der Waals surface area (Å²) < 4.78 is 5.20. The first-order valence-corrected chi connectivity index (χ1v) is 6.45. The van der Waals surface area contributed by atoms with E-state index in [0.29, 0.717) is 13.2 Å². The Morgan fingerprint density at radius 3 is 2.56 bits per heavy atom. The zero-order valence-electron chi connectivity index (χ0n) is 10.3. The largest absolute Gasteiger partial charge is 0.378 e. The molecule has 1 N–H and O–H groups in total. The fourth-order valence-electron chi connectivity index (χ4n) is 1.80. The molecular formula is C12H24N2O2. The van der Waals surface area contributed by atoms with Gasteiger partial charge >= 0.3 is 6.03 Å². The molecule has 94 valence electrons. The van der Waals surface area contributed by atoms with Crippen LogP contribution >= 0.6 is 0 Å². The van der Waals surface area contributed by atoms with Gasteiger partial charge in [-0.15, -0.1) is 0 Å². The van der Waals surface area contributed by atoms with Crippen LogP contribution in [-0.4, -0.2) is 43.8 Å². The van der Waals surface area contributed by atoms with E-state index in [1.165, 1.54) is 25.7 Å². The minimum absolute atomic E-state index is 0.0683. The van der Waals surface area contributed by atoms with Crippen molar-refractivity contribution in [1.82, 2.24) is 10.2 Å². The number of nitrogens with one attached hydrogen (secondary N) is 1. The van der Waals surface area contributed by atoms with Crippen LogP contribution in [0.1, 0.15) is 39.0 Å². The summed E-state index contributed by atoms with van der Waals surface area (Å²) >= 11 is 0. The van der Waals surface area contributed by atoms with Crippen LogP contribution in [0.2, 0.25) is 0 Å². The van der Waals surface area contributed by atoms with Crippen LogP contribution in [0.3, 0.4) is 0 Å². The summed E-state index contributed by atoms with van der Waals surface area (Å²) in [4.78, 5) is 13.5. The van der Waals surface area contributed by atoms with Crippen LogP contribution in [-0.2, 0) is 4.74 Å². The standard InChI is InChI=1S/C12H24N2O2/c1-2-3-4-5-6-7-13-12(15)14-8-10-16-11-9-14/h2-11H2,1H3,(H,13,15). The molecule has 0 saturated carbocycles. The second-order valence-corrected chi connectivity index (χ2v) is 4.25. The molecule has 2 amide bonds. The molecule has 16 heavy (non-hydrogen) atoms. The topological polar surface area (TPSA) is 41.6 Å². The number of morpholine rings is 1. The second kappa shape index (κ2) is 8.39. The number of ether oxygens (including phenoxy) is 1. The molecule has 1 aliphatic rings. The van der Waals surface area contributed by atoms with Crippen molar-refractivity contribution < 1.29 is 9.53 Å². The van der Waals surface area contributed by atoms with Crippen LogP contribution in [0, 0.1) is 0 Å². The Morgan fingerprint density at radius 1 is 1.19 bits per heavy atom. The molecule has 0 aromatic heterocycles. The molecule has 0 radical (unpaired) electrons. The maximum atomic E-state index is 11.6. The minimum Gasteiger partial charge on any atom is -0.378 e. The second-order valence-electron chi connectivity index (χ2n) is 4.25. The SMILES string of the molecule is CCCCCCCNC(=O)N1CCOCC1. The molecule has 0 atom stereocenters. The first-order chi connectivity index (χ1) is 7.84. The van der Waals surface area contributed by atoms with Gasteiger partial charge in [0.2, 0.25) is 0 Å². The van der Waals surface area contributed by atoms with Crippen molar-refractivity contribution in [1.29, 1.82) is 0 Å². The Labute approximate surface area is 98.3 Å². The highest BCUT2D eigenvalue weighted by atomic mass is 16.5. The third kappa shape index (κ3) is 5.35. The number of carbonyl (C=O) groups is 1. The van der Waals surface area contributed by atoms with Gasteiger partial charge in [-0.3, -0.25) is 0 Å². The number of unbranched alkanes of at least 4 members (excludes halogenated alkanes) is 4. The van der Waals surface area contributed by atoms with Gasteiger partial charge in [0.25, 0.3) is 0 Å². The van der Waals surface area contributed by atoms with Crippen molar-refractivity contribution in [3.63, 3.8) is 0 Å². The number of nitrogens with zero attached hydrogens (tertiary/aromatic N) is 1. The molecule has 1 saturated heterocycles. The number of rotatable bonds is 6. The summed E-state index contributed by atoms with van der Waals surface area (Å²) in [6.07, 6.45) is 6.16. The number of hydrogen-bond acceptors (Lipinski definition) is 2. The zero-order valence-corrected chi connectivity index (χ0v) is 10.3. The Morgan fingerprint density at radius 2 is 1.88 bits per heavy atom. The van der Waals surface area contributed by atoms with Crippen molar-refractivity contribution in [3.05, 3.63) is 0 Å². The zero-order chi connectivity index (χ0) is 11.6. The van der Waals surface area contributed by atoms with E-state index in [1.54, 1.807) is 0 Å². The van der Waals surface area contributed by atoms with E-state index in [9.17, 15) is 4.79 Å². The molecule has 1 fully saturated rings. The molecule has 0 aliphatic carbocycles.